The highest BCUT2D eigenvalue weighted by atomic mass is 35.5. The van der Waals surface area contributed by atoms with Gasteiger partial charge in [0.15, 0.2) is 5.11 Å². The molecule has 0 atom stereocenters. The Bertz CT molecular complexity index is 1550. The zero-order chi connectivity index (χ0) is 27.2. The summed E-state index contributed by atoms with van der Waals surface area (Å²) in [6.45, 7) is 2.47. The molecule has 0 bridgehead atoms. The average molecular weight is 555 g/mol. The second kappa shape index (κ2) is 12.1. The highest BCUT2D eigenvalue weighted by molar-refractivity contribution is 7.80. The van der Waals surface area contributed by atoms with Crippen LogP contribution in [0.2, 0.25) is 5.02 Å². The summed E-state index contributed by atoms with van der Waals surface area (Å²) in [7, 11) is 0. The number of carbonyl (C=O) groups excluding carboxylic acids is 2. The first-order chi connectivity index (χ1) is 19.0. The first-order valence-electron chi connectivity index (χ1n) is 12.6. The van der Waals surface area contributed by atoms with Crippen molar-refractivity contribution in [2.45, 2.75) is 0 Å². The summed E-state index contributed by atoms with van der Waals surface area (Å²) >= 11 is 11.8. The van der Waals surface area contributed by atoms with Crippen molar-refractivity contribution in [1.82, 2.24) is 10.2 Å². The Morgan fingerprint density at radius 3 is 2.31 bits per heavy atom. The fourth-order valence-corrected chi connectivity index (χ4v) is 4.92. The van der Waals surface area contributed by atoms with Crippen LogP contribution in [0.25, 0.3) is 16.8 Å². The summed E-state index contributed by atoms with van der Waals surface area (Å²) in [4.78, 5) is 29.6. The molecule has 0 spiro atoms. The van der Waals surface area contributed by atoms with Gasteiger partial charge in [0.25, 0.3) is 5.91 Å². The molecule has 1 saturated heterocycles. The van der Waals surface area contributed by atoms with E-state index in [1.165, 1.54) is 0 Å². The zero-order valence-electron chi connectivity index (χ0n) is 21.1. The van der Waals surface area contributed by atoms with Crippen molar-refractivity contribution in [2.24, 2.45) is 0 Å². The molecule has 4 aromatic rings. The topological polar surface area (TPSA) is 64.7 Å². The molecule has 6 nitrogen and oxygen atoms in total. The van der Waals surface area contributed by atoms with Gasteiger partial charge in [-0.1, -0.05) is 72.3 Å². The quantitative estimate of drug-likeness (QED) is 0.235. The van der Waals surface area contributed by atoms with Crippen LogP contribution in [-0.2, 0) is 4.79 Å². The Morgan fingerprint density at radius 2 is 1.54 bits per heavy atom. The Kier molecular flexibility index (Phi) is 8.20. The Hall–Kier alpha value is -4.20. The SMILES string of the molecule is O=C(NC(=S)Nc1cc(Cl)ccc1N1CCN(C(=O)/C=C/c2ccccc2)CC1)c1ccc2ccccc2c1. The van der Waals surface area contributed by atoms with E-state index >= 15 is 0 Å². The number of hydrogen-bond acceptors (Lipinski definition) is 4. The highest BCUT2D eigenvalue weighted by Crippen LogP contribution is 2.30. The van der Waals surface area contributed by atoms with E-state index in [1.807, 2.05) is 89.8 Å². The van der Waals surface area contributed by atoms with Crippen molar-refractivity contribution in [2.75, 3.05) is 36.4 Å². The first-order valence-corrected chi connectivity index (χ1v) is 13.4. The van der Waals surface area contributed by atoms with Crippen LogP contribution in [0.5, 0.6) is 0 Å². The molecule has 0 aromatic heterocycles. The van der Waals surface area contributed by atoms with Gasteiger partial charge in [0.05, 0.1) is 11.4 Å². The zero-order valence-corrected chi connectivity index (χ0v) is 22.7. The highest BCUT2D eigenvalue weighted by Gasteiger charge is 2.22. The standard InChI is InChI=1S/C31H27ClN4O2S/c32-26-13-14-28(35-16-18-36(19-17-35)29(37)15-10-22-6-2-1-3-7-22)27(21-26)33-31(39)34-30(38)25-12-11-23-8-4-5-9-24(23)20-25/h1-15,20-21H,16-19H2,(H2,33,34,38,39)/b15-10+. The maximum atomic E-state index is 12.9. The van der Waals surface area contributed by atoms with Gasteiger partial charge in [0.2, 0.25) is 5.91 Å². The van der Waals surface area contributed by atoms with Crippen LogP contribution < -0.4 is 15.5 Å². The third-order valence-electron chi connectivity index (χ3n) is 6.60. The predicted octanol–water partition coefficient (Wildman–Crippen LogP) is 5.98. The summed E-state index contributed by atoms with van der Waals surface area (Å²) in [6, 6.07) is 28.7. The lowest BCUT2D eigenvalue weighted by Gasteiger charge is -2.36. The van der Waals surface area contributed by atoms with E-state index in [0.29, 0.717) is 42.5 Å². The molecule has 39 heavy (non-hydrogen) atoms. The lowest BCUT2D eigenvalue weighted by Crippen LogP contribution is -2.48. The Balaban J connectivity index is 1.21. The summed E-state index contributed by atoms with van der Waals surface area (Å²) in [6.07, 6.45) is 3.46. The average Bonchev–Trinajstić information content (AvgIpc) is 2.96. The molecular formula is C31H27ClN4O2S. The van der Waals surface area contributed by atoms with E-state index in [1.54, 1.807) is 18.2 Å². The van der Waals surface area contributed by atoms with Gasteiger partial charge < -0.3 is 15.1 Å². The molecule has 1 fully saturated rings. The van der Waals surface area contributed by atoms with Crippen molar-refractivity contribution < 1.29 is 9.59 Å². The third kappa shape index (κ3) is 6.63. The number of nitrogens with one attached hydrogen (secondary N) is 2. The number of fused-ring (bicyclic) bond motifs is 1. The van der Waals surface area contributed by atoms with Gasteiger partial charge in [-0.05, 0) is 65.0 Å². The van der Waals surface area contributed by atoms with Gasteiger partial charge in [-0.15, -0.1) is 0 Å². The van der Waals surface area contributed by atoms with Crippen molar-refractivity contribution in [3.63, 3.8) is 0 Å². The molecule has 4 aromatic carbocycles. The second-order valence-electron chi connectivity index (χ2n) is 9.19. The van der Waals surface area contributed by atoms with Crippen LogP contribution in [0.15, 0.2) is 97.1 Å². The smallest absolute Gasteiger partial charge is 0.257 e. The molecule has 1 aliphatic heterocycles. The Labute approximate surface area is 237 Å². The number of thiocarbonyl (C=S) groups is 1. The Morgan fingerprint density at radius 1 is 0.821 bits per heavy atom. The van der Waals surface area contributed by atoms with Crippen molar-refractivity contribution >= 4 is 69.0 Å². The van der Waals surface area contributed by atoms with E-state index in [0.717, 1.165) is 22.0 Å². The van der Waals surface area contributed by atoms with E-state index in [2.05, 4.69) is 15.5 Å². The van der Waals surface area contributed by atoms with E-state index < -0.39 is 0 Å². The number of carbonyl (C=O) groups is 2. The lowest BCUT2D eigenvalue weighted by molar-refractivity contribution is -0.126. The molecule has 8 heteroatoms. The number of benzene rings is 4. The molecule has 2 N–H and O–H groups in total. The molecule has 1 heterocycles. The molecule has 0 aliphatic carbocycles. The van der Waals surface area contributed by atoms with Crippen LogP contribution in [0.3, 0.4) is 0 Å². The summed E-state index contributed by atoms with van der Waals surface area (Å²) in [5, 5.41) is 8.68. The maximum absolute atomic E-state index is 12.9. The van der Waals surface area contributed by atoms with Crippen LogP contribution >= 0.6 is 23.8 Å². The third-order valence-corrected chi connectivity index (χ3v) is 7.03. The molecule has 1 aliphatic rings. The van der Waals surface area contributed by atoms with Crippen LogP contribution in [0.4, 0.5) is 11.4 Å². The minimum Gasteiger partial charge on any atom is -0.366 e. The molecular weight excluding hydrogens is 528 g/mol. The minimum atomic E-state index is -0.294. The summed E-state index contributed by atoms with van der Waals surface area (Å²) in [5.74, 6) is -0.303. The predicted molar refractivity (Wildman–Crippen MR) is 163 cm³/mol. The second-order valence-corrected chi connectivity index (χ2v) is 10.0. The minimum absolute atomic E-state index is 0.00876. The van der Waals surface area contributed by atoms with E-state index in [4.69, 9.17) is 23.8 Å². The van der Waals surface area contributed by atoms with E-state index in [-0.39, 0.29) is 16.9 Å². The number of anilines is 2. The number of rotatable bonds is 5. The molecule has 196 valence electrons. The van der Waals surface area contributed by atoms with Crippen LogP contribution in [0, 0.1) is 0 Å². The fraction of sp³-hybridized carbons (Fsp3) is 0.129. The van der Waals surface area contributed by atoms with E-state index in [9.17, 15) is 9.59 Å². The number of hydrogen-bond donors (Lipinski definition) is 2. The van der Waals surface area contributed by atoms with Gasteiger partial charge in [-0.2, -0.15) is 0 Å². The van der Waals surface area contributed by atoms with Gasteiger partial charge in [-0.25, -0.2) is 0 Å². The van der Waals surface area contributed by atoms with Crippen LogP contribution in [0.1, 0.15) is 15.9 Å². The summed E-state index contributed by atoms with van der Waals surface area (Å²) in [5.41, 5.74) is 3.10. The monoisotopic (exact) mass is 554 g/mol. The largest absolute Gasteiger partial charge is 0.366 e. The van der Waals surface area contributed by atoms with Gasteiger partial charge >= 0.3 is 0 Å². The first kappa shape index (κ1) is 26.4. The molecule has 2 amide bonds. The number of nitrogens with zero attached hydrogens (tertiary/aromatic N) is 2. The number of amides is 2. The van der Waals surface area contributed by atoms with Crippen molar-refractivity contribution in [1.29, 1.82) is 0 Å². The van der Waals surface area contributed by atoms with Crippen molar-refractivity contribution in [3.8, 4) is 0 Å². The van der Waals surface area contributed by atoms with Crippen LogP contribution in [-0.4, -0.2) is 48.0 Å². The molecule has 5 rings (SSSR count). The van der Waals surface area contributed by atoms with Gasteiger partial charge in [-0.3, -0.25) is 14.9 Å². The fourth-order valence-electron chi connectivity index (χ4n) is 4.55. The van der Waals surface area contributed by atoms with Crippen molar-refractivity contribution in [3.05, 3.63) is 113 Å². The number of piperazine rings is 1. The molecule has 0 unspecified atom stereocenters. The summed E-state index contributed by atoms with van der Waals surface area (Å²) < 4.78 is 0. The molecule has 0 saturated carbocycles. The molecule has 0 radical (unpaired) electrons. The number of halogens is 1. The normalized spacial score (nSPS) is 13.5. The van der Waals surface area contributed by atoms with Gasteiger partial charge in [0.1, 0.15) is 0 Å². The maximum Gasteiger partial charge on any atom is 0.257 e. The van der Waals surface area contributed by atoms with Gasteiger partial charge in [0, 0.05) is 42.8 Å². The lowest BCUT2D eigenvalue weighted by atomic mass is 10.1.